The number of nitrogens with one attached hydrogen (secondary N) is 1. The normalized spacial score (nSPS) is 21.0. The van der Waals surface area contributed by atoms with Gasteiger partial charge in [-0.3, -0.25) is 0 Å². The minimum atomic E-state index is -0.214. The fourth-order valence-corrected chi connectivity index (χ4v) is 1.57. The van der Waals surface area contributed by atoms with Crippen LogP contribution >= 0.6 is 0 Å². The molecule has 0 radical (unpaired) electrons. The van der Waals surface area contributed by atoms with Crippen LogP contribution in [0.25, 0.3) is 0 Å². The largest absolute Gasteiger partial charge is 0.394 e. The van der Waals surface area contributed by atoms with Gasteiger partial charge in [-0.1, -0.05) is 6.07 Å². The maximum atomic E-state index is 12.7. The summed E-state index contributed by atoms with van der Waals surface area (Å²) in [4.78, 5) is 0. The van der Waals surface area contributed by atoms with Crippen LogP contribution in [-0.2, 0) is 6.54 Å². The van der Waals surface area contributed by atoms with E-state index in [2.05, 4.69) is 5.32 Å². The number of hydrogen-bond donors (Lipinski definition) is 2. The maximum absolute atomic E-state index is 12.7. The lowest BCUT2D eigenvalue weighted by atomic mass is 10.1. The predicted molar refractivity (Wildman–Crippen MR) is 43.1 cm³/mol. The molecular formula is C9H10FNO. The van der Waals surface area contributed by atoms with Crippen molar-refractivity contribution in [1.29, 1.82) is 0 Å². The molecule has 1 aromatic rings. The number of halogens is 1. The third kappa shape index (κ3) is 1.11. The third-order valence-corrected chi connectivity index (χ3v) is 2.20. The number of hydrogen-bond acceptors (Lipinski definition) is 2. The second-order valence-corrected chi connectivity index (χ2v) is 2.96. The van der Waals surface area contributed by atoms with E-state index in [1.54, 1.807) is 6.07 Å². The van der Waals surface area contributed by atoms with Gasteiger partial charge in [0.2, 0.25) is 0 Å². The Kier molecular flexibility index (Phi) is 1.83. The molecule has 1 unspecified atom stereocenters. The molecule has 1 aliphatic heterocycles. The Morgan fingerprint density at radius 1 is 1.58 bits per heavy atom. The van der Waals surface area contributed by atoms with E-state index >= 15 is 0 Å². The minimum absolute atomic E-state index is 0.0133. The van der Waals surface area contributed by atoms with Crippen LogP contribution in [0.4, 0.5) is 4.39 Å². The Balaban J connectivity index is 2.40. The lowest BCUT2D eigenvalue weighted by molar-refractivity contribution is 0.251. The van der Waals surface area contributed by atoms with Crippen LogP contribution in [-0.4, -0.2) is 11.7 Å². The van der Waals surface area contributed by atoms with Crippen molar-refractivity contribution >= 4 is 0 Å². The van der Waals surface area contributed by atoms with Crippen molar-refractivity contribution in [3.8, 4) is 0 Å². The van der Waals surface area contributed by atoms with Crippen molar-refractivity contribution in [2.45, 2.75) is 12.6 Å². The molecule has 0 bridgehead atoms. The summed E-state index contributed by atoms with van der Waals surface area (Å²) in [6.07, 6.45) is 0. The van der Waals surface area contributed by atoms with E-state index < -0.39 is 0 Å². The summed E-state index contributed by atoms with van der Waals surface area (Å²) in [6.45, 7) is 0.719. The first-order valence-electron chi connectivity index (χ1n) is 3.94. The fraction of sp³-hybridized carbons (Fsp3) is 0.333. The third-order valence-electron chi connectivity index (χ3n) is 2.20. The van der Waals surface area contributed by atoms with E-state index in [0.717, 1.165) is 11.1 Å². The molecule has 0 aliphatic carbocycles. The molecule has 1 aliphatic rings. The molecule has 3 heteroatoms. The highest BCUT2D eigenvalue weighted by atomic mass is 19.1. The van der Waals surface area contributed by atoms with Crippen LogP contribution in [0, 0.1) is 5.82 Å². The Bertz CT molecular complexity index is 301. The molecule has 2 nitrogen and oxygen atoms in total. The first-order chi connectivity index (χ1) is 5.81. The standard InChI is InChI=1S/C9H10FNO/c10-7-1-2-8-6(3-7)4-11-9(8)5-12/h1-3,9,11-12H,4-5H2. The minimum Gasteiger partial charge on any atom is -0.394 e. The van der Waals surface area contributed by atoms with Crippen LogP contribution in [0.5, 0.6) is 0 Å². The van der Waals surface area contributed by atoms with E-state index in [0.29, 0.717) is 6.54 Å². The molecule has 0 fully saturated rings. The van der Waals surface area contributed by atoms with E-state index in [-0.39, 0.29) is 18.5 Å². The second kappa shape index (κ2) is 2.84. The molecule has 1 atom stereocenters. The van der Waals surface area contributed by atoms with E-state index in [1.807, 2.05) is 0 Å². The molecular weight excluding hydrogens is 157 g/mol. The Hall–Kier alpha value is -0.930. The van der Waals surface area contributed by atoms with Crippen LogP contribution < -0.4 is 5.32 Å². The molecule has 0 saturated heterocycles. The van der Waals surface area contributed by atoms with E-state index in [9.17, 15) is 4.39 Å². The van der Waals surface area contributed by atoms with Gasteiger partial charge in [-0.05, 0) is 23.3 Å². The summed E-state index contributed by atoms with van der Waals surface area (Å²) in [5.41, 5.74) is 1.97. The Morgan fingerprint density at radius 2 is 2.42 bits per heavy atom. The second-order valence-electron chi connectivity index (χ2n) is 2.96. The molecule has 0 aromatic heterocycles. The molecule has 2 N–H and O–H groups in total. The van der Waals surface area contributed by atoms with Gasteiger partial charge in [-0.15, -0.1) is 0 Å². The summed E-state index contributed by atoms with van der Waals surface area (Å²) in [5, 5.41) is 12.0. The van der Waals surface area contributed by atoms with Gasteiger partial charge >= 0.3 is 0 Å². The Morgan fingerprint density at radius 3 is 3.17 bits per heavy atom. The topological polar surface area (TPSA) is 32.3 Å². The summed E-state index contributed by atoms with van der Waals surface area (Å²) >= 11 is 0. The molecule has 64 valence electrons. The van der Waals surface area contributed by atoms with E-state index in [4.69, 9.17) is 5.11 Å². The average Bonchev–Trinajstić information content (AvgIpc) is 2.46. The van der Waals surface area contributed by atoms with Gasteiger partial charge in [0.1, 0.15) is 5.82 Å². The average molecular weight is 167 g/mol. The number of aliphatic hydroxyl groups is 1. The first kappa shape index (κ1) is 7.71. The highest BCUT2D eigenvalue weighted by Crippen LogP contribution is 2.24. The zero-order chi connectivity index (χ0) is 8.55. The number of benzene rings is 1. The summed E-state index contributed by atoms with van der Waals surface area (Å²) < 4.78 is 12.7. The maximum Gasteiger partial charge on any atom is 0.123 e. The van der Waals surface area contributed by atoms with Crippen molar-refractivity contribution in [2.24, 2.45) is 0 Å². The summed E-state index contributed by atoms with van der Waals surface area (Å²) in [5.74, 6) is -0.214. The molecule has 1 aromatic carbocycles. The zero-order valence-electron chi connectivity index (χ0n) is 6.55. The Labute approximate surface area is 70.0 Å². The highest BCUT2D eigenvalue weighted by Gasteiger charge is 2.20. The monoisotopic (exact) mass is 167 g/mol. The van der Waals surface area contributed by atoms with Crippen molar-refractivity contribution < 1.29 is 9.50 Å². The van der Waals surface area contributed by atoms with Gasteiger partial charge in [0.15, 0.2) is 0 Å². The fourth-order valence-electron chi connectivity index (χ4n) is 1.57. The predicted octanol–water partition coefficient (Wildman–Crippen LogP) is 0.962. The zero-order valence-corrected chi connectivity index (χ0v) is 6.55. The van der Waals surface area contributed by atoms with Crippen molar-refractivity contribution in [1.82, 2.24) is 5.32 Å². The van der Waals surface area contributed by atoms with Gasteiger partial charge in [0, 0.05) is 6.54 Å². The van der Waals surface area contributed by atoms with Gasteiger partial charge in [-0.25, -0.2) is 4.39 Å². The molecule has 0 saturated carbocycles. The molecule has 0 amide bonds. The first-order valence-corrected chi connectivity index (χ1v) is 3.94. The van der Waals surface area contributed by atoms with Gasteiger partial charge in [-0.2, -0.15) is 0 Å². The molecule has 2 rings (SSSR count). The molecule has 0 spiro atoms. The SMILES string of the molecule is OCC1NCc2cc(F)ccc21. The van der Waals surface area contributed by atoms with Crippen molar-refractivity contribution in [3.63, 3.8) is 0 Å². The van der Waals surface area contributed by atoms with Gasteiger partial charge in [0.25, 0.3) is 0 Å². The smallest absolute Gasteiger partial charge is 0.123 e. The number of rotatable bonds is 1. The highest BCUT2D eigenvalue weighted by molar-refractivity contribution is 5.34. The van der Waals surface area contributed by atoms with Crippen LogP contribution in [0.1, 0.15) is 17.2 Å². The van der Waals surface area contributed by atoms with E-state index in [1.165, 1.54) is 12.1 Å². The van der Waals surface area contributed by atoms with Crippen molar-refractivity contribution in [3.05, 3.63) is 35.1 Å². The summed E-state index contributed by atoms with van der Waals surface area (Å²) in [7, 11) is 0. The lowest BCUT2D eigenvalue weighted by Gasteiger charge is -2.06. The van der Waals surface area contributed by atoms with Crippen LogP contribution in [0.2, 0.25) is 0 Å². The number of fused-ring (bicyclic) bond motifs is 1. The number of aliphatic hydroxyl groups excluding tert-OH is 1. The summed E-state index contributed by atoms with van der Waals surface area (Å²) in [6, 6.07) is 4.65. The molecule has 1 heterocycles. The van der Waals surface area contributed by atoms with Gasteiger partial charge < -0.3 is 10.4 Å². The van der Waals surface area contributed by atoms with Crippen LogP contribution in [0.3, 0.4) is 0 Å². The lowest BCUT2D eigenvalue weighted by Crippen LogP contribution is -2.15. The van der Waals surface area contributed by atoms with Gasteiger partial charge in [0.05, 0.1) is 12.6 Å². The van der Waals surface area contributed by atoms with Crippen molar-refractivity contribution in [2.75, 3.05) is 6.61 Å². The van der Waals surface area contributed by atoms with Crippen LogP contribution in [0.15, 0.2) is 18.2 Å². The quantitative estimate of drug-likeness (QED) is 0.653. The molecule has 12 heavy (non-hydrogen) atoms.